The maximum absolute atomic E-state index is 12.4. The molecule has 8 heteroatoms. The van der Waals surface area contributed by atoms with Crippen LogP contribution >= 0.6 is 11.8 Å². The summed E-state index contributed by atoms with van der Waals surface area (Å²) in [4.78, 5) is 26.7. The van der Waals surface area contributed by atoms with Crippen LogP contribution in [0.4, 0.5) is 16.2 Å². The zero-order valence-electron chi connectivity index (χ0n) is 15.9. The van der Waals surface area contributed by atoms with Gasteiger partial charge in [0.25, 0.3) is 0 Å². The number of anilines is 2. The van der Waals surface area contributed by atoms with Crippen LogP contribution in [0.25, 0.3) is 0 Å². The van der Waals surface area contributed by atoms with Crippen molar-refractivity contribution in [3.8, 4) is 0 Å². The molecule has 2 amide bonds. The zero-order valence-corrected chi connectivity index (χ0v) is 18.1. The maximum Gasteiger partial charge on any atom is 0.414 e. The molecule has 0 unspecified atom stereocenters. The average molecular weight is 395 g/mol. The van der Waals surface area contributed by atoms with Gasteiger partial charge in [0.1, 0.15) is 6.10 Å². The summed E-state index contributed by atoms with van der Waals surface area (Å²) in [7, 11) is -0.762. The van der Waals surface area contributed by atoms with Crippen LogP contribution in [0.1, 0.15) is 34.6 Å². The molecule has 0 aliphatic carbocycles. The molecule has 2 heterocycles. The molecule has 1 atom stereocenters. The van der Waals surface area contributed by atoms with Gasteiger partial charge in [-0.1, -0.05) is 20.8 Å². The lowest BCUT2D eigenvalue weighted by Crippen LogP contribution is -2.43. The molecule has 1 aromatic rings. The lowest BCUT2D eigenvalue weighted by Gasteiger charge is -2.33. The molecule has 0 radical (unpaired) electrons. The molecule has 1 saturated heterocycles. The summed E-state index contributed by atoms with van der Waals surface area (Å²) in [6.07, 6.45) is -0.705. The smallest absolute Gasteiger partial charge is 0.414 e. The van der Waals surface area contributed by atoms with E-state index in [1.807, 2.05) is 32.0 Å². The van der Waals surface area contributed by atoms with Crippen molar-refractivity contribution in [3.05, 3.63) is 18.2 Å². The molecule has 26 heavy (non-hydrogen) atoms. The zero-order chi connectivity index (χ0) is 19.1. The molecule has 0 bridgehead atoms. The number of cyclic esters (lactones) is 1. The van der Waals surface area contributed by atoms with Gasteiger partial charge in [0, 0.05) is 10.6 Å². The molecule has 142 valence electrons. The minimum Gasteiger partial charge on any atom is -0.441 e. The third kappa shape index (κ3) is 4.24. The lowest BCUT2D eigenvalue weighted by molar-refractivity contribution is -0.113. The van der Waals surface area contributed by atoms with Gasteiger partial charge in [0.05, 0.1) is 23.6 Å². The van der Waals surface area contributed by atoms with E-state index in [0.717, 1.165) is 16.3 Å². The van der Waals surface area contributed by atoms with E-state index in [1.54, 1.807) is 4.90 Å². The Balaban J connectivity index is 1.74. The minimum absolute atomic E-state index is 0.0248. The number of carbonyl (C=O) groups excluding carboxylic acids is 2. The van der Waals surface area contributed by atoms with E-state index in [4.69, 9.17) is 9.16 Å². The highest BCUT2D eigenvalue weighted by Gasteiger charge is 2.43. The van der Waals surface area contributed by atoms with Gasteiger partial charge < -0.3 is 14.5 Å². The van der Waals surface area contributed by atoms with Crippen LogP contribution in [0, 0.1) is 0 Å². The summed E-state index contributed by atoms with van der Waals surface area (Å²) in [6, 6.07) is 5.66. The van der Waals surface area contributed by atoms with Crippen molar-refractivity contribution >= 4 is 44.9 Å². The van der Waals surface area contributed by atoms with Gasteiger partial charge in [0.2, 0.25) is 5.91 Å². The topological polar surface area (TPSA) is 67.9 Å². The summed E-state index contributed by atoms with van der Waals surface area (Å²) in [5, 5.41) is 3.03. The number of ether oxygens (including phenoxy) is 1. The highest BCUT2D eigenvalue weighted by molar-refractivity contribution is 8.00. The van der Waals surface area contributed by atoms with Gasteiger partial charge in [-0.05, 0) is 37.1 Å². The third-order valence-electron chi connectivity index (χ3n) is 4.37. The predicted molar refractivity (Wildman–Crippen MR) is 107 cm³/mol. The lowest BCUT2D eigenvalue weighted by atomic mass is 10.0. The Morgan fingerprint density at radius 2 is 2.00 bits per heavy atom. The summed E-state index contributed by atoms with van der Waals surface area (Å²) in [5.41, 5.74) is 0.945. The quantitative estimate of drug-likeness (QED) is 0.795. The molecular weight excluding hydrogens is 368 g/mol. The molecule has 0 spiro atoms. The van der Waals surface area contributed by atoms with Crippen molar-refractivity contribution in [3.63, 3.8) is 0 Å². The van der Waals surface area contributed by atoms with E-state index in [0.29, 0.717) is 12.3 Å². The highest BCUT2D eigenvalue weighted by Crippen LogP contribution is 2.37. The maximum atomic E-state index is 12.4. The molecule has 0 aromatic heterocycles. The molecule has 1 fully saturated rings. The fraction of sp³-hybridized carbons (Fsp3) is 0.556. The monoisotopic (exact) mass is 394 g/mol. The number of hydrogen-bond acceptors (Lipinski definition) is 5. The van der Waals surface area contributed by atoms with Crippen molar-refractivity contribution in [2.24, 2.45) is 0 Å². The number of fused-ring (bicyclic) bond motifs is 1. The van der Waals surface area contributed by atoms with Crippen LogP contribution in [0.5, 0.6) is 0 Å². The molecule has 2 aliphatic heterocycles. The fourth-order valence-corrected chi connectivity index (χ4v) is 4.55. The number of nitrogens with one attached hydrogen (secondary N) is 1. The van der Waals surface area contributed by atoms with Crippen LogP contribution in [-0.4, -0.2) is 45.8 Å². The Bertz CT molecular complexity index is 732. The Labute approximate surface area is 160 Å². The second-order valence-corrected chi connectivity index (χ2v) is 12.2. The number of carbonyl (C=O) groups is 2. The molecule has 6 nitrogen and oxygen atoms in total. The molecule has 1 aromatic carbocycles. The molecule has 1 N–H and O–H groups in total. The van der Waals surface area contributed by atoms with Gasteiger partial charge in [-0.3, -0.25) is 9.69 Å². The number of benzene rings is 1. The summed E-state index contributed by atoms with van der Waals surface area (Å²) in [5.74, 6) is 0.395. The van der Waals surface area contributed by atoms with E-state index in [9.17, 15) is 9.59 Å². The molecule has 2 aliphatic rings. The van der Waals surface area contributed by atoms with Crippen LogP contribution in [0.15, 0.2) is 23.1 Å². The SMILES string of the molecule is CC(C)(C)[SiH2]OC(C)(C)[C@@H]1CN(c2ccc3c(c2)NC(=O)CS3)C(=O)O1. The summed E-state index contributed by atoms with van der Waals surface area (Å²) < 4.78 is 11.8. The van der Waals surface area contributed by atoms with E-state index in [1.165, 1.54) is 11.8 Å². The Morgan fingerprint density at radius 1 is 1.27 bits per heavy atom. The van der Waals surface area contributed by atoms with Crippen LogP contribution in [0.2, 0.25) is 5.04 Å². The molecule has 0 saturated carbocycles. The van der Waals surface area contributed by atoms with Crippen LogP contribution in [0.3, 0.4) is 0 Å². The van der Waals surface area contributed by atoms with Crippen LogP contribution in [-0.2, 0) is 14.0 Å². The Kier molecular flexibility index (Phi) is 5.11. The van der Waals surface area contributed by atoms with Crippen LogP contribution < -0.4 is 10.2 Å². The average Bonchev–Trinajstić information content (AvgIpc) is 2.94. The first kappa shape index (κ1) is 19.3. The first-order chi connectivity index (χ1) is 12.0. The van der Waals surface area contributed by atoms with Crippen molar-refractivity contribution < 1.29 is 18.8 Å². The Hall–Kier alpha value is -1.51. The van der Waals surface area contributed by atoms with Crippen molar-refractivity contribution in [2.75, 3.05) is 22.5 Å². The second kappa shape index (κ2) is 6.90. The minimum atomic E-state index is -0.762. The first-order valence-corrected chi connectivity index (χ1v) is 11.0. The van der Waals surface area contributed by atoms with E-state index < -0.39 is 15.4 Å². The number of amides is 2. The van der Waals surface area contributed by atoms with E-state index >= 15 is 0 Å². The number of rotatable bonds is 4. The third-order valence-corrected chi connectivity index (χ3v) is 7.20. The standard InChI is InChI=1S/C18H26N2O4SSi/c1-17(2,3)26-24-18(4,5)14-9-20(16(22)23-14)11-6-7-13-12(8-11)19-15(21)10-25-13/h6-8,14H,9-10,26H2,1-5H3,(H,19,21)/t14-/m0/s1. The van der Waals surface area contributed by atoms with E-state index in [2.05, 4.69) is 26.1 Å². The van der Waals surface area contributed by atoms with Gasteiger partial charge in [-0.15, -0.1) is 11.8 Å². The number of thioether (sulfide) groups is 1. The van der Waals surface area contributed by atoms with E-state index in [-0.39, 0.29) is 23.1 Å². The number of nitrogens with zero attached hydrogens (tertiary/aromatic N) is 1. The first-order valence-electron chi connectivity index (χ1n) is 8.74. The van der Waals surface area contributed by atoms with Crippen molar-refractivity contribution in [1.29, 1.82) is 0 Å². The van der Waals surface area contributed by atoms with Gasteiger partial charge in [-0.2, -0.15) is 0 Å². The predicted octanol–water partition coefficient (Wildman–Crippen LogP) is 3.15. The largest absolute Gasteiger partial charge is 0.441 e. The van der Waals surface area contributed by atoms with Crippen molar-refractivity contribution in [2.45, 2.75) is 56.3 Å². The number of hydrogen-bond donors (Lipinski definition) is 1. The van der Waals surface area contributed by atoms with Crippen molar-refractivity contribution in [1.82, 2.24) is 0 Å². The Morgan fingerprint density at radius 3 is 2.69 bits per heavy atom. The highest BCUT2D eigenvalue weighted by atomic mass is 32.2. The summed E-state index contributed by atoms with van der Waals surface area (Å²) in [6.45, 7) is 10.9. The molecule has 3 rings (SSSR count). The van der Waals surface area contributed by atoms with Gasteiger partial charge >= 0.3 is 6.09 Å². The second-order valence-electron chi connectivity index (χ2n) is 8.45. The summed E-state index contributed by atoms with van der Waals surface area (Å²) >= 11 is 1.50. The molecular formula is C18H26N2O4SSi. The normalized spacial score (nSPS) is 21.1. The van der Waals surface area contributed by atoms with Gasteiger partial charge in [-0.25, -0.2) is 4.79 Å². The fourth-order valence-electron chi connectivity index (χ4n) is 2.77. The van der Waals surface area contributed by atoms with Gasteiger partial charge in [0.15, 0.2) is 9.76 Å².